The molecule has 0 radical (unpaired) electrons. The number of thiophene rings is 1. The zero-order chi connectivity index (χ0) is 25.2. The SMILES string of the molecule is O=C(c1ccoc1)n1nc(-c2ccc(F)n(Cc3ccnnc3)c2=O)c(F)c1NCc1ccc(Cl)s1. The maximum Gasteiger partial charge on any atom is 0.283 e. The molecule has 0 amide bonds. The Bertz CT molecular complexity index is 1600. The number of furan rings is 1. The van der Waals surface area contributed by atoms with E-state index in [9.17, 15) is 14.0 Å². The van der Waals surface area contributed by atoms with Crippen LogP contribution in [0, 0.1) is 11.8 Å². The molecule has 0 spiro atoms. The van der Waals surface area contributed by atoms with E-state index < -0.39 is 28.9 Å². The number of nitrogens with zero attached hydrogens (tertiary/aromatic N) is 5. The Labute approximate surface area is 210 Å². The van der Waals surface area contributed by atoms with Crippen molar-refractivity contribution in [2.45, 2.75) is 13.1 Å². The lowest BCUT2D eigenvalue weighted by molar-refractivity contribution is 0.0947. The monoisotopic (exact) mass is 528 g/mol. The number of pyridine rings is 1. The van der Waals surface area contributed by atoms with Crippen LogP contribution in [0.15, 0.2) is 70.5 Å². The first-order valence-corrected chi connectivity index (χ1v) is 11.6. The van der Waals surface area contributed by atoms with E-state index in [1.165, 1.54) is 42.3 Å². The van der Waals surface area contributed by atoms with Crippen LogP contribution in [-0.4, -0.2) is 30.5 Å². The molecule has 5 aromatic rings. The Morgan fingerprint density at radius 1 is 1.14 bits per heavy atom. The van der Waals surface area contributed by atoms with Gasteiger partial charge < -0.3 is 9.73 Å². The molecule has 0 saturated carbocycles. The van der Waals surface area contributed by atoms with Crippen molar-refractivity contribution in [3.8, 4) is 11.3 Å². The highest BCUT2D eigenvalue weighted by Gasteiger charge is 2.27. The highest BCUT2D eigenvalue weighted by molar-refractivity contribution is 7.16. The fourth-order valence-electron chi connectivity index (χ4n) is 3.47. The van der Waals surface area contributed by atoms with Crippen molar-refractivity contribution in [2.24, 2.45) is 0 Å². The van der Waals surface area contributed by atoms with Crippen LogP contribution in [0.1, 0.15) is 20.8 Å². The summed E-state index contributed by atoms with van der Waals surface area (Å²) in [5.74, 6) is -2.74. The zero-order valence-electron chi connectivity index (χ0n) is 18.2. The van der Waals surface area contributed by atoms with E-state index >= 15 is 4.39 Å². The van der Waals surface area contributed by atoms with E-state index in [1.807, 2.05) is 0 Å². The van der Waals surface area contributed by atoms with E-state index in [0.717, 1.165) is 26.3 Å². The molecule has 0 unspecified atom stereocenters. The molecule has 5 heterocycles. The van der Waals surface area contributed by atoms with E-state index in [2.05, 4.69) is 20.6 Å². The van der Waals surface area contributed by atoms with Gasteiger partial charge in [0.05, 0.1) is 41.0 Å². The van der Waals surface area contributed by atoms with Gasteiger partial charge in [-0.05, 0) is 42.0 Å². The lowest BCUT2D eigenvalue weighted by Crippen LogP contribution is -2.25. The van der Waals surface area contributed by atoms with Gasteiger partial charge in [0, 0.05) is 11.1 Å². The van der Waals surface area contributed by atoms with Gasteiger partial charge in [-0.15, -0.1) is 11.3 Å². The van der Waals surface area contributed by atoms with Crippen molar-refractivity contribution in [2.75, 3.05) is 5.32 Å². The average Bonchev–Trinajstić information content (AvgIpc) is 3.62. The van der Waals surface area contributed by atoms with E-state index in [-0.39, 0.29) is 30.0 Å². The highest BCUT2D eigenvalue weighted by Crippen LogP contribution is 2.28. The van der Waals surface area contributed by atoms with Gasteiger partial charge in [0.25, 0.3) is 11.5 Å². The summed E-state index contributed by atoms with van der Waals surface area (Å²) in [7, 11) is 0. The normalized spacial score (nSPS) is 11.1. The number of anilines is 1. The fourth-order valence-corrected chi connectivity index (χ4v) is 4.50. The maximum atomic E-state index is 15.7. The number of aromatic nitrogens is 5. The number of hydrogen-bond donors (Lipinski definition) is 1. The fraction of sp³-hybridized carbons (Fsp3) is 0.0870. The third kappa shape index (κ3) is 4.55. The van der Waals surface area contributed by atoms with Gasteiger partial charge in [-0.3, -0.25) is 14.2 Å². The second-order valence-corrected chi connectivity index (χ2v) is 9.31. The predicted octanol–water partition coefficient (Wildman–Crippen LogP) is 4.44. The number of nitrogens with one attached hydrogen (secondary N) is 1. The van der Waals surface area contributed by atoms with Crippen LogP contribution < -0.4 is 10.9 Å². The van der Waals surface area contributed by atoms with Crippen LogP contribution in [0.25, 0.3) is 11.3 Å². The Balaban J connectivity index is 1.58. The molecule has 0 aliphatic heterocycles. The van der Waals surface area contributed by atoms with Gasteiger partial charge in [0.2, 0.25) is 0 Å². The average molecular weight is 529 g/mol. The molecule has 36 heavy (non-hydrogen) atoms. The second kappa shape index (κ2) is 9.84. The Kier molecular flexibility index (Phi) is 6.44. The summed E-state index contributed by atoms with van der Waals surface area (Å²) in [4.78, 5) is 27.0. The minimum Gasteiger partial charge on any atom is -0.472 e. The highest BCUT2D eigenvalue weighted by atomic mass is 35.5. The van der Waals surface area contributed by atoms with Gasteiger partial charge in [-0.25, -0.2) is 4.39 Å². The lowest BCUT2D eigenvalue weighted by Gasteiger charge is -2.08. The molecule has 5 rings (SSSR count). The summed E-state index contributed by atoms with van der Waals surface area (Å²) in [6, 6.07) is 8.58. The van der Waals surface area contributed by atoms with Crippen molar-refractivity contribution >= 4 is 34.7 Å². The van der Waals surface area contributed by atoms with Crippen molar-refractivity contribution in [3.05, 3.63) is 104 Å². The summed E-state index contributed by atoms with van der Waals surface area (Å²) >= 11 is 7.25. The minimum atomic E-state index is -0.949. The first-order valence-electron chi connectivity index (χ1n) is 10.4. The van der Waals surface area contributed by atoms with E-state index in [0.29, 0.717) is 9.90 Å². The van der Waals surface area contributed by atoms with Crippen LogP contribution in [0.3, 0.4) is 0 Å². The van der Waals surface area contributed by atoms with E-state index in [1.54, 1.807) is 18.2 Å². The Hall–Kier alpha value is -4.16. The number of carbonyl (C=O) groups excluding carboxylic acids is 1. The molecular weight excluding hydrogens is 514 g/mol. The predicted molar refractivity (Wildman–Crippen MR) is 128 cm³/mol. The van der Waals surface area contributed by atoms with Gasteiger partial charge in [0.15, 0.2) is 17.6 Å². The van der Waals surface area contributed by atoms with Crippen molar-refractivity contribution in [3.63, 3.8) is 0 Å². The molecule has 5 aromatic heterocycles. The third-order valence-electron chi connectivity index (χ3n) is 5.21. The molecule has 0 aliphatic carbocycles. The van der Waals surface area contributed by atoms with Crippen LogP contribution in [0.4, 0.5) is 14.6 Å². The zero-order valence-corrected chi connectivity index (χ0v) is 19.8. The van der Waals surface area contributed by atoms with Crippen molar-refractivity contribution < 1.29 is 18.0 Å². The summed E-state index contributed by atoms with van der Waals surface area (Å²) in [6.07, 6.45) is 5.28. The molecule has 9 nitrogen and oxygen atoms in total. The Morgan fingerprint density at radius 2 is 2.00 bits per heavy atom. The number of carbonyl (C=O) groups is 1. The van der Waals surface area contributed by atoms with Crippen LogP contribution in [-0.2, 0) is 13.1 Å². The molecular formula is C23H15ClF2N6O3S. The van der Waals surface area contributed by atoms with Gasteiger partial charge in [-0.1, -0.05) is 11.6 Å². The standard InChI is InChI=1S/C23H15ClF2N6O3S/c24-17-3-1-15(36-17)10-27-21-19(26)20(30-32(21)22(33)14-6-8-35-12-14)16-2-4-18(25)31(23(16)34)11-13-5-7-28-29-9-13/h1-9,12,27H,10-11H2. The van der Waals surface area contributed by atoms with Crippen LogP contribution >= 0.6 is 22.9 Å². The number of hydrogen-bond acceptors (Lipinski definition) is 8. The molecule has 0 bridgehead atoms. The summed E-state index contributed by atoms with van der Waals surface area (Å²) in [6.45, 7) is -0.0185. The number of rotatable bonds is 7. The first-order chi connectivity index (χ1) is 17.4. The van der Waals surface area contributed by atoms with Gasteiger partial charge in [0.1, 0.15) is 12.0 Å². The van der Waals surface area contributed by atoms with Gasteiger partial charge >= 0.3 is 0 Å². The minimum absolute atomic E-state index is 0.118. The van der Waals surface area contributed by atoms with Gasteiger partial charge in [-0.2, -0.15) is 24.4 Å². The molecule has 13 heteroatoms. The molecule has 0 atom stereocenters. The molecule has 0 fully saturated rings. The van der Waals surface area contributed by atoms with Crippen LogP contribution in [0.5, 0.6) is 0 Å². The Morgan fingerprint density at radius 3 is 2.69 bits per heavy atom. The molecule has 182 valence electrons. The van der Waals surface area contributed by atoms with E-state index in [4.69, 9.17) is 16.0 Å². The number of halogens is 3. The smallest absolute Gasteiger partial charge is 0.283 e. The lowest BCUT2D eigenvalue weighted by atomic mass is 10.2. The molecule has 0 aromatic carbocycles. The summed E-state index contributed by atoms with van der Waals surface area (Å²) in [5.41, 5.74) is -0.834. The molecule has 0 saturated heterocycles. The first kappa shape index (κ1) is 23.6. The largest absolute Gasteiger partial charge is 0.472 e. The second-order valence-electron chi connectivity index (χ2n) is 7.51. The quantitative estimate of drug-likeness (QED) is 0.311. The van der Waals surface area contributed by atoms with Crippen molar-refractivity contribution in [1.82, 2.24) is 24.5 Å². The topological polar surface area (TPSA) is 108 Å². The van der Waals surface area contributed by atoms with Crippen LogP contribution in [0.2, 0.25) is 4.34 Å². The molecule has 1 N–H and O–H groups in total. The third-order valence-corrected chi connectivity index (χ3v) is 6.44. The molecule has 0 aliphatic rings. The summed E-state index contributed by atoms with van der Waals surface area (Å²) in [5, 5.41) is 14.3. The summed E-state index contributed by atoms with van der Waals surface area (Å²) < 4.78 is 37.4. The maximum absolute atomic E-state index is 15.7. The van der Waals surface area contributed by atoms with Crippen molar-refractivity contribution in [1.29, 1.82) is 0 Å².